The second-order valence-corrected chi connectivity index (χ2v) is 21.3. The molecule has 3 aliphatic heterocycles. The first kappa shape index (κ1) is 62.1. The lowest BCUT2D eigenvalue weighted by Crippen LogP contribution is -2.64. The van der Waals surface area contributed by atoms with Crippen molar-refractivity contribution in [3.63, 3.8) is 0 Å². The van der Waals surface area contributed by atoms with Crippen LogP contribution in [0.15, 0.2) is 97.1 Å². The average Bonchev–Trinajstić information content (AvgIpc) is 4.04. The maximum atomic E-state index is 14.4. The number of hydrogen-bond acceptors (Lipinski definition) is 17. The summed E-state index contributed by atoms with van der Waals surface area (Å²) in [6.45, 7) is 5.73. The Kier molecular flexibility index (Phi) is 20.4. The van der Waals surface area contributed by atoms with E-state index in [9.17, 15) is 79.5 Å². The molecule has 0 unspecified atom stereocenters. The van der Waals surface area contributed by atoms with Crippen LogP contribution in [-0.4, -0.2) is 201 Å². The first-order valence-corrected chi connectivity index (χ1v) is 27.2. The van der Waals surface area contributed by atoms with Gasteiger partial charge < -0.3 is 82.2 Å². The van der Waals surface area contributed by atoms with Gasteiger partial charge in [0.1, 0.15) is 66.1 Å². The number of aliphatic hydroxyl groups excluding tert-OH is 8. The Labute approximate surface area is 473 Å². The summed E-state index contributed by atoms with van der Waals surface area (Å²) < 4.78 is 5.83. The minimum Gasteiger partial charge on any atom is -0.508 e. The van der Waals surface area contributed by atoms with E-state index in [0.29, 0.717) is 6.61 Å². The number of nitrogens with zero attached hydrogens (tertiary/aromatic N) is 3. The van der Waals surface area contributed by atoms with Gasteiger partial charge in [-0.1, -0.05) is 87.4 Å². The maximum Gasteiger partial charge on any atom is 0.256 e. The second-order valence-electron chi connectivity index (χ2n) is 21.3. The number of nitrogens with two attached hydrogens (primary N) is 1. The van der Waals surface area contributed by atoms with Gasteiger partial charge in [0.05, 0.1) is 31.0 Å². The van der Waals surface area contributed by atoms with Crippen molar-refractivity contribution in [2.75, 3.05) is 19.7 Å². The van der Waals surface area contributed by atoms with Crippen molar-refractivity contribution >= 4 is 41.4 Å². The van der Waals surface area contributed by atoms with Gasteiger partial charge in [-0.05, 0) is 84.5 Å². The summed E-state index contributed by atoms with van der Waals surface area (Å²) in [6, 6.07) is 15.6. The lowest BCUT2D eigenvalue weighted by atomic mass is 9.96. The Morgan fingerprint density at radius 2 is 1.16 bits per heavy atom. The number of nitrogens with one attached hydrogen (secondary N) is 3. The lowest BCUT2D eigenvalue weighted by Gasteiger charge is -2.34. The Balaban J connectivity index is 1.05. The van der Waals surface area contributed by atoms with E-state index in [1.165, 1.54) is 31.2 Å². The Morgan fingerprint density at radius 3 is 1.71 bits per heavy atom. The Morgan fingerprint density at radius 1 is 0.646 bits per heavy atom. The smallest absolute Gasteiger partial charge is 0.256 e. The van der Waals surface area contributed by atoms with Gasteiger partial charge in [-0.15, -0.1) is 0 Å². The zero-order valence-corrected chi connectivity index (χ0v) is 45.8. The van der Waals surface area contributed by atoms with Crippen molar-refractivity contribution in [2.24, 2.45) is 11.7 Å². The van der Waals surface area contributed by atoms with Gasteiger partial charge in [-0.3, -0.25) is 38.5 Å². The highest BCUT2D eigenvalue weighted by Crippen LogP contribution is 2.31. The van der Waals surface area contributed by atoms with Crippen LogP contribution in [-0.2, 0) is 28.8 Å². The zero-order chi connectivity index (χ0) is 59.9. The van der Waals surface area contributed by atoms with E-state index in [2.05, 4.69) is 22.9 Å². The molecule has 24 nitrogen and oxygen atoms in total. The first-order chi connectivity index (χ1) is 38.9. The molecule has 3 fully saturated rings. The van der Waals surface area contributed by atoms with E-state index >= 15 is 0 Å². The summed E-state index contributed by atoms with van der Waals surface area (Å²) in [7, 11) is 0. The van der Waals surface area contributed by atoms with Crippen LogP contribution in [0.5, 0.6) is 11.5 Å². The number of phenols is 1. The molecule has 0 saturated carbocycles. The molecule has 3 heterocycles. The molecule has 3 aliphatic rings. The average molecular weight is 1140 g/mol. The fourth-order valence-corrected chi connectivity index (χ4v) is 10.5. The van der Waals surface area contributed by atoms with Gasteiger partial charge in [0.2, 0.25) is 35.4 Å². The van der Waals surface area contributed by atoms with E-state index in [1.54, 1.807) is 12.1 Å². The van der Waals surface area contributed by atoms with Crippen molar-refractivity contribution in [1.29, 1.82) is 0 Å². The van der Waals surface area contributed by atoms with Crippen LogP contribution in [0.1, 0.15) is 81.8 Å². The van der Waals surface area contributed by atoms with Gasteiger partial charge in [0.25, 0.3) is 5.91 Å². The molecule has 0 radical (unpaired) electrons. The molecular formula is C58H73N7O17. The predicted molar refractivity (Wildman–Crippen MR) is 293 cm³/mol. The molecule has 442 valence electrons. The number of likely N-dealkylation sites (tertiary alicyclic amines) is 3. The minimum atomic E-state index is -2.29. The molecule has 7 rings (SSSR count). The second kappa shape index (κ2) is 27.0. The summed E-state index contributed by atoms with van der Waals surface area (Å²) >= 11 is 0. The molecular weight excluding hydrogens is 1070 g/mol. The molecule has 24 heteroatoms. The van der Waals surface area contributed by atoms with Crippen LogP contribution in [0.3, 0.4) is 0 Å². The number of ether oxygens (including phenoxy) is 1. The van der Waals surface area contributed by atoms with Crippen LogP contribution in [0, 0.1) is 5.92 Å². The summed E-state index contributed by atoms with van der Waals surface area (Å²) in [5, 5.41) is 105. The first-order valence-electron chi connectivity index (χ1n) is 27.2. The Hall–Kier alpha value is -7.55. The molecule has 15 atom stereocenters. The normalized spacial score (nSPS) is 24.1. The topological polar surface area (TPSA) is 383 Å². The highest BCUT2D eigenvalue weighted by Gasteiger charge is 2.51. The molecule has 0 aliphatic carbocycles. The summed E-state index contributed by atoms with van der Waals surface area (Å²) in [5.41, 5.74) is 8.97. The number of carbonyl (C=O) groups excluding carboxylic acids is 7. The number of rotatable bonds is 22. The van der Waals surface area contributed by atoms with Crippen LogP contribution in [0.4, 0.5) is 0 Å². The number of hydrogen-bond donors (Lipinski definition) is 13. The van der Waals surface area contributed by atoms with Gasteiger partial charge in [0, 0.05) is 37.4 Å². The molecule has 0 aromatic heterocycles. The fraction of sp³-hybridized carbons (Fsp3) is 0.466. The third-order valence-corrected chi connectivity index (χ3v) is 15.3. The van der Waals surface area contributed by atoms with Crippen LogP contribution in [0.2, 0.25) is 0 Å². The lowest BCUT2D eigenvalue weighted by molar-refractivity contribution is -0.147. The minimum absolute atomic E-state index is 0.0323. The molecule has 3 saturated heterocycles. The molecule has 82 heavy (non-hydrogen) atoms. The third kappa shape index (κ3) is 14.0. The summed E-state index contributed by atoms with van der Waals surface area (Å²) in [6.07, 6.45) is -11.9. The van der Waals surface area contributed by atoms with Crippen LogP contribution < -0.4 is 26.4 Å². The van der Waals surface area contributed by atoms with Crippen LogP contribution >= 0.6 is 0 Å². The highest BCUT2D eigenvalue weighted by molar-refractivity contribution is 6.01. The summed E-state index contributed by atoms with van der Waals surface area (Å²) in [4.78, 5) is 100.0. The van der Waals surface area contributed by atoms with Gasteiger partial charge in [-0.25, -0.2) is 0 Å². The molecule has 4 aromatic carbocycles. The number of aliphatic hydroxyl groups is 8. The van der Waals surface area contributed by atoms with Crippen LogP contribution in [0.25, 0.3) is 22.3 Å². The van der Waals surface area contributed by atoms with Crippen molar-refractivity contribution in [3.8, 4) is 33.8 Å². The molecule has 7 amide bonds. The molecule has 14 N–H and O–H groups in total. The van der Waals surface area contributed by atoms with E-state index in [-0.39, 0.29) is 23.4 Å². The molecule has 0 spiro atoms. The molecule has 4 aromatic rings. The number of β-amino-alcohol motifs (C(OH)–C–C–N with tert-alkyl or cyclic N) is 1. The summed E-state index contributed by atoms with van der Waals surface area (Å²) in [5.74, 6) is -8.02. The number of carbonyl (C=O) groups is 7. The fourth-order valence-electron chi connectivity index (χ4n) is 10.5. The third-order valence-electron chi connectivity index (χ3n) is 15.3. The maximum absolute atomic E-state index is 14.4. The van der Waals surface area contributed by atoms with E-state index in [4.69, 9.17) is 10.5 Å². The number of phenolic OH excluding ortho intramolecular Hbond substituents is 1. The zero-order valence-electron chi connectivity index (χ0n) is 45.8. The number of amides is 7. The van der Waals surface area contributed by atoms with Crippen molar-refractivity contribution in [1.82, 2.24) is 30.7 Å². The quantitative estimate of drug-likeness (QED) is 0.0427. The SMILES string of the molecule is CCCCCOc1ccc(-c2ccc(-c3ccc(C(=O)N4[C@H](O)[C@H](O)C[C@H]4C(=O)N[C@H](C(=O)N4C[C@H](O)C[C@H]4C(=O)N[C@H](C(=O)N[C@H](C(=O)N4C[C@H](C)[C@H](O)[C@H]4C(N)=O)[C@@H](C)O)[C@H](O)[C@@H](O)c4ccc(O)cc4)[C@@H](C)O)cc3)cc2)cc1. The Bertz CT molecular complexity index is 2890. The van der Waals surface area contributed by atoms with Gasteiger partial charge >= 0.3 is 0 Å². The highest BCUT2D eigenvalue weighted by atomic mass is 16.5. The largest absolute Gasteiger partial charge is 0.508 e. The number of aromatic hydroxyl groups is 1. The predicted octanol–water partition coefficient (Wildman–Crippen LogP) is -0.846. The number of primary amides is 1. The van der Waals surface area contributed by atoms with E-state index < -0.39 is 152 Å². The van der Waals surface area contributed by atoms with Crippen molar-refractivity contribution in [2.45, 2.75) is 145 Å². The van der Waals surface area contributed by atoms with Crippen molar-refractivity contribution in [3.05, 3.63) is 108 Å². The van der Waals surface area contributed by atoms with E-state index in [0.717, 1.165) is 87.9 Å². The van der Waals surface area contributed by atoms with E-state index in [1.807, 2.05) is 48.5 Å². The van der Waals surface area contributed by atoms with Gasteiger partial charge in [0.15, 0.2) is 6.23 Å². The number of benzene rings is 4. The van der Waals surface area contributed by atoms with Crippen molar-refractivity contribution < 1.29 is 84.3 Å². The molecule has 0 bridgehead atoms. The standard InChI is InChI=1S/C58H73N7O17/c1-5-6-7-24-82-40-22-18-35(19-23-40)33-10-8-32(9-11-33)34-12-14-37(15-13-34)55(78)65-42(26-43(70)56(65)79)53(76)60-44(30(3)66)57(80)63-28-39(69)25-41(63)52(75)62-46(50(73)49(72)36-16-20-38(68)21-17-36)54(77)61-45(31(4)67)58(81)64-27-29(2)48(71)47(64)51(59)74/h8-23,29-31,39,41-50,56,66-73,79H,5-7,24-28H2,1-4H3,(H2,59,74)(H,60,76)(H,61,77)(H,62,75)/t29-,30+,31+,39+,41-,42-,43+,44-,45-,46-,47-,48-,49-,50-,56+/m0/s1. The monoisotopic (exact) mass is 1140 g/mol. The van der Waals surface area contributed by atoms with Gasteiger partial charge in [-0.2, -0.15) is 0 Å². The number of unbranched alkanes of at least 4 members (excludes halogenated alkanes) is 2.